The smallest absolute Gasteiger partial charge is 0.338 e. The van der Waals surface area contributed by atoms with E-state index in [0.717, 1.165) is 12.5 Å². The molecule has 0 aliphatic carbocycles. The highest BCUT2D eigenvalue weighted by Crippen LogP contribution is 2.13. The lowest BCUT2D eigenvalue weighted by atomic mass is 10.1. The third-order valence-corrected chi connectivity index (χ3v) is 7.82. The van der Waals surface area contributed by atoms with Gasteiger partial charge in [0.25, 0.3) is 0 Å². The predicted octanol–water partition coefficient (Wildman–Crippen LogP) is 4.18. The maximum atomic E-state index is 12.1. The Morgan fingerprint density at radius 2 is 1.30 bits per heavy atom. The number of rotatable bonds is 8. The number of esters is 1. The van der Waals surface area contributed by atoms with Crippen molar-refractivity contribution in [3.05, 3.63) is 96.6 Å². The van der Waals surface area contributed by atoms with Crippen LogP contribution in [-0.2, 0) is 4.74 Å². The number of carbonyl (C=O) groups excluding carboxylic acids is 1. The number of ether oxygens (including phenoxy) is 1. The van der Waals surface area contributed by atoms with Crippen molar-refractivity contribution in [2.75, 3.05) is 6.61 Å². The van der Waals surface area contributed by atoms with Gasteiger partial charge in [-0.3, -0.25) is 0 Å². The molecule has 0 aliphatic heterocycles. The molecular formula is C24H25O2Si. The molecule has 2 nitrogen and oxygen atoms in total. The average Bonchev–Trinajstić information content (AvgIpc) is 2.74. The molecule has 0 aliphatic rings. The minimum Gasteiger partial charge on any atom is -0.462 e. The number of carbonyl (C=O) groups is 1. The van der Waals surface area contributed by atoms with Crippen molar-refractivity contribution in [2.45, 2.75) is 19.4 Å². The fourth-order valence-corrected chi connectivity index (χ4v) is 6.04. The monoisotopic (exact) mass is 373 g/mol. The molecule has 0 fully saturated rings. The van der Waals surface area contributed by atoms with Crippen molar-refractivity contribution in [3.8, 4) is 0 Å². The number of benzene rings is 3. The fraction of sp³-hybridized carbons (Fsp3) is 0.208. The van der Waals surface area contributed by atoms with E-state index >= 15 is 0 Å². The third-order valence-electron chi connectivity index (χ3n) is 4.65. The molecule has 0 N–H and O–H groups in total. The van der Waals surface area contributed by atoms with Crippen LogP contribution in [0.1, 0.15) is 23.7 Å². The Kier molecular flexibility index (Phi) is 7.00. The Morgan fingerprint density at radius 3 is 1.81 bits per heavy atom. The minimum atomic E-state index is -0.841. The van der Waals surface area contributed by atoms with Gasteiger partial charge in [-0.15, -0.1) is 0 Å². The fourth-order valence-electron chi connectivity index (χ4n) is 3.14. The molecule has 1 radical (unpaired) electrons. The van der Waals surface area contributed by atoms with Crippen LogP contribution in [0.4, 0.5) is 0 Å². The van der Waals surface area contributed by atoms with Gasteiger partial charge in [0.05, 0.1) is 12.2 Å². The summed E-state index contributed by atoms with van der Waals surface area (Å²) in [5, 5.41) is 2.86. The van der Waals surface area contributed by atoms with Gasteiger partial charge in [0.15, 0.2) is 0 Å². The maximum Gasteiger partial charge on any atom is 0.338 e. The topological polar surface area (TPSA) is 26.3 Å². The first-order valence-corrected chi connectivity index (χ1v) is 11.1. The van der Waals surface area contributed by atoms with Crippen LogP contribution in [0.5, 0.6) is 0 Å². The molecule has 1 unspecified atom stereocenters. The Morgan fingerprint density at radius 1 is 0.815 bits per heavy atom. The van der Waals surface area contributed by atoms with Gasteiger partial charge in [-0.1, -0.05) is 96.2 Å². The standard InChI is InChI=1S/C24H25O2Si/c1-20(17-18-26-24(25)21-11-5-2-6-12-21)19-27(22-13-7-3-8-14-22)23-15-9-4-10-16-23/h2-16,20H,17-19H2,1H3. The van der Waals surface area contributed by atoms with Gasteiger partial charge in [0, 0.05) is 0 Å². The zero-order valence-electron chi connectivity index (χ0n) is 15.7. The van der Waals surface area contributed by atoms with Gasteiger partial charge in [-0.05, 0) is 30.5 Å². The molecule has 3 aromatic rings. The van der Waals surface area contributed by atoms with Gasteiger partial charge in [0.2, 0.25) is 0 Å². The highest BCUT2D eigenvalue weighted by molar-refractivity contribution is 6.85. The Labute approximate surface area is 163 Å². The second-order valence-electron chi connectivity index (χ2n) is 6.81. The first kappa shape index (κ1) is 19.1. The van der Waals surface area contributed by atoms with Gasteiger partial charge in [-0.25, -0.2) is 4.79 Å². The summed E-state index contributed by atoms with van der Waals surface area (Å²) in [5.41, 5.74) is 0.614. The average molecular weight is 374 g/mol. The molecule has 0 bridgehead atoms. The molecule has 0 spiro atoms. The first-order chi connectivity index (χ1) is 13.2. The second kappa shape index (κ2) is 9.88. The summed E-state index contributed by atoms with van der Waals surface area (Å²) >= 11 is 0. The normalized spacial score (nSPS) is 11.9. The third kappa shape index (κ3) is 5.66. The lowest BCUT2D eigenvalue weighted by Crippen LogP contribution is -2.43. The molecule has 0 saturated carbocycles. The number of hydrogen-bond donors (Lipinski definition) is 0. The van der Waals surface area contributed by atoms with Crippen molar-refractivity contribution in [3.63, 3.8) is 0 Å². The predicted molar refractivity (Wildman–Crippen MR) is 113 cm³/mol. The zero-order chi connectivity index (χ0) is 18.9. The molecule has 3 aromatic carbocycles. The van der Waals surface area contributed by atoms with Crippen molar-refractivity contribution >= 4 is 25.1 Å². The first-order valence-electron chi connectivity index (χ1n) is 9.43. The van der Waals surface area contributed by atoms with Crippen LogP contribution in [0.15, 0.2) is 91.0 Å². The second-order valence-corrected chi connectivity index (χ2v) is 9.33. The van der Waals surface area contributed by atoms with Gasteiger partial charge in [0.1, 0.15) is 8.80 Å². The summed E-state index contributed by atoms with van der Waals surface area (Å²) in [6.07, 6.45) is 0.881. The molecule has 0 saturated heterocycles. The molecular weight excluding hydrogens is 348 g/mol. The Hall–Kier alpha value is -2.65. The molecule has 3 heteroatoms. The highest BCUT2D eigenvalue weighted by Gasteiger charge is 2.20. The number of hydrogen-bond acceptors (Lipinski definition) is 2. The molecule has 0 amide bonds. The molecule has 1 atom stereocenters. The van der Waals surface area contributed by atoms with E-state index in [0.29, 0.717) is 18.1 Å². The molecule has 3 rings (SSSR count). The van der Waals surface area contributed by atoms with Crippen molar-refractivity contribution in [1.82, 2.24) is 0 Å². The lowest BCUT2D eigenvalue weighted by molar-refractivity contribution is 0.0488. The van der Waals surface area contributed by atoms with E-state index in [1.807, 2.05) is 18.2 Å². The quantitative estimate of drug-likeness (QED) is 0.437. The lowest BCUT2D eigenvalue weighted by Gasteiger charge is -2.20. The summed E-state index contributed by atoms with van der Waals surface area (Å²) < 4.78 is 5.46. The van der Waals surface area contributed by atoms with Crippen LogP contribution >= 0.6 is 0 Å². The van der Waals surface area contributed by atoms with Crippen molar-refractivity contribution < 1.29 is 9.53 Å². The van der Waals surface area contributed by atoms with E-state index in [9.17, 15) is 4.79 Å². The minimum absolute atomic E-state index is 0.237. The molecule has 27 heavy (non-hydrogen) atoms. The van der Waals surface area contributed by atoms with Gasteiger partial charge in [-0.2, -0.15) is 0 Å². The SMILES string of the molecule is CC(CCOC(=O)c1ccccc1)C[Si](c1ccccc1)c1ccccc1. The zero-order valence-corrected chi connectivity index (χ0v) is 16.7. The van der Waals surface area contributed by atoms with Crippen LogP contribution in [0.3, 0.4) is 0 Å². The van der Waals surface area contributed by atoms with Crippen LogP contribution in [0.2, 0.25) is 6.04 Å². The van der Waals surface area contributed by atoms with Gasteiger partial charge < -0.3 is 4.74 Å². The summed E-state index contributed by atoms with van der Waals surface area (Å²) in [6, 6.07) is 31.9. The molecule has 137 valence electrons. The van der Waals surface area contributed by atoms with Crippen molar-refractivity contribution in [2.24, 2.45) is 5.92 Å². The summed E-state index contributed by atoms with van der Waals surface area (Å²) in [6.45, 7) is 2.72. The molecule has 0 aromatic heterocycles. The van der Waals surface area contributed by atoms with Crippen molar-refractivity contribution in [1.29, 1.82) is 0 Å². The summed E-state index contributed by atoms with van der Waals surface area (Å²) in [5.74, 6) is 0.252. The van der Waals surface area contributed by atoms with Crippen LogP contribution in [0.25, 0.3) is 0 Å². The molecule has 0 heterocycles. The van der Waals surface area contributed by atoms with E-state index in [-0.39, 0.29) is 5.97 Å². The van der Waals surface area contributed by atoms with E-state index in [1.54, 1.807) is 12.1 Å². The van der Waals surface area contributed by atoms with E-state index in [1.165, 1.54) is 10.4 Å². The van der Waals surface area contributed by atoms with E-state index in [2.05, 4.69) is 67.6 Å². The highest BCUT2D eigenvalue weighted by atomic mass is 28.3. The van der Waals surface area contributed by atoms with Crippen LogP contribution < -0.4 is 10.4 Å². The van der Waals surface area contributed by atoms with E-state index in [4.69, 9.17) is 4.74 Å². The van der Waals surface area contributed by atoms with Crippen LogP contribution in [0, 0.1) is 5.92 Å². The summed E-state index contributed by atoms with van der Waals surface area (Å²) in [4.78, 5) is 12.1. The van der Waals surface area contributed by atoms with Gasteiger partial charge >= 0.3 is 5.97 Å². The summed E-state index contributed by atoms with van der Waals surface area (Å²) in [7, 11) is -0.841. The maximum absolute atomic E-state index is 12.1. The Bertz CT molecular complexity index is 779. The Balaban J connectivity index is 1.58. The largest absolute Gasteiger partial charge is 0.462 e. The van der Waals surface area contributed by atoms with E-state index < -0.39 is 8.80 Å². The van der Waals surface area contributed by atoms with Crippen LogP contribution in [-0.4, -0.2) is 21.4 Å².